The molecule has 8 heteroatoms. The highest BCUT2D eigenvalue weighted by molar-refractivity contribution is 5.94. The van der Waals surface area contributed by atoms with Crippen LogP contribution in [0.25, 0.3) is 0 Å². The molecule has 1 aromatic heterocycles. The number of amides is 1. The summed E-state index contributed by atoms with van der Waals surface area (Å²) in [5.74, 6) is -0.0287. The van der Waals surface area contributed by atoms with Crippen LogP contribution in [-0.2, 0) is 9.47 Å². The highest BCUT2D eigenvalue weighted by atomic mass is 16.5. The van der Waals surface area contributed by atoms with Gasteiger partial charge in [0.05, 0.1) is 24.6 Å². The summed E-state index contributed by atoms with van der Waals surface area (Å²) in [6.45, 7) is 7.59. The molecule has 2 atom stereocenters. The van der Waals surface area contributed by atoms with E-state index in [1.807, 2.05) is 18.7 Å². The number of methoxy groups -OCH3 is 1. The summed E-state index contributed by atoms with van der Waals surface area (Å²) in [5.41, 5.74) is 2.18. The number of aromatic nitrogens is 2. The Bertz CT molecular complexity index is 634. The van der Waals surface area contributed by atoms with Gasteiger partial charge >= 0.3 is 0 Å². The van der Waals surface area contributed by atoms with Gasteiger partial charge in [0, 0.05) is 51.0 Å². The van der Waals surface area contributed by atoms with Crippen molar-refractivity contribution in [2.45, 2.75) is 51.3 Å². The Balaban J connectivity index is 1.56. The molecule has 0 bridgehead atoms. The molecule has 0 aromatic carbocycles. The maximum Gasteiger partial charge on any atom is 0.274 e. The number of nitrogens with zero attached hydrogens (tertiary/aromatic N) is 3. The van der Waals surface area contributed by atoms with E-state index in [1.165, 1.54) is 0 Å². The van der Waals surface area contributed by atoms with Gasteiger partial charge in [-0.15, -0.1) is 5.10 Å². The number of hydrogen-bond acceptors (Lipinski definition) is 7. The van der Waals surface area contributed by atoms with Crippen LogP contribution in [0.1, 0.15) is 42.2 Å². The lowest BCUT2D eigenvalue weighted by atomic mass is 9.99. The monoisotopic (exact) mass is 377 g/mol. The fraction of sp³-hybridized carbons (Fsp3) is 0.737. The third kappa shape index (κ3) is 4.75. The number of piperidine rings is 1. The molecule has 3 rings (SSSR count). The standard InChI is InChI=1S/C19H31N5O3/c1-4-20-16-11-21-23-18(13(16)2)19(25)24-8-5-14(6-9-24)22-15-7-10-27-12-17(15)26-3/h11,14-15,17,22H,4-10,12H2,1-3H3,(H,20,23)/t15-,17+/m0/s1. The van der Waals surface area contributed by atoms with Crippen LogP contribution >= 0.6 is 0 Å². The smallest absolute Gasteiger partial charge is 0.274 e. The molecule has 1 amide bonds. The lowest BCUT2D eigenvalue weighted by Crippen LogP contribution is -2.54. The van der Waals surface area contributed by atoms with E-state index in [9.17, 15) is 4.79 Å². The first-order chi connectivity index (χ1) is 13.1. The molecule has 1 aromatic rings. The molecule has 27 heavy (non-hydrogen) atoms. The minimum absolute atomic E-state index is 0.0287. The molecule has 0 saturated carbocycles. The fourth-order valence-electron chi connectivity index (χ4n) is 3.85. The molecule has 3 heterocycles. The van der Waals surface area contributed by atoms with E-state index in [4.69, 9.17) is 9.47 Å². The molecule has 0 radical (unpaired) electrons. The maximum absolute atomic E-state index is 12.9. The zero-order chi connectivity index (χ0) is 19.2. The van der Waals surface area contributed by atoms with Crippen LogP contribution in [0.3, 0.4) is 0 Å². The molecular formula is C19H31N5O3. The molecule has 2 fully saturated rings. The van der Waals surface area contributed by atoms with Crippen LogP contribution in [0.5, 0.6) is 0 Å². The van der Waals surface area contributed by atoms with Crippen LogP contribution < -0.4 is 10.6 Å². The molecule has 2 N–H and O–H groups in total. The summed E-state index contributed by atoms with van der Waals surface area (Å²) in [6.07, 6.45) is 4.60. The summed E-state index contributed by atoms with van der Waals surface area (Å²) < 4.78 is 11.0. The van der Waals surface area contributed by atoms with Gasteiger partial charge < -0.3 is 25.0 Å². The van der Waals surface area contributed by atoms with Gasteiger partial charge in [-0.2, -0.15) is 5.10 Å². The minimum Gasteiger partial charge on any atom is -0.384 e. The second-order valence-corrected chi connectivity index (χ2v) is 7.24. The zero-order valence-corrected chi connectivity index (χ0v) is 16.5. The third-order valence-corrected chi connectivity index (χ3v) is 5.51. The van der Waals surface area contributed by atoms with E-state index < -0.39 is 0 Å². The molecular weight excluding hydrogens is 346 g/mol. The van der Waals surface area contributed by atoms with E-state index in [0.29, 0.717) is 24.4 Å². The Hall–Kier alpha value is -1.77. The number of hydrogen-bond donors (Lipinski definition) is 2. The SMILES string of the molecule is CCNc1cnnc(C(=O)N2CCC(N[C@H]3CCOC[C@H]3OC)CC2)c1C. The van der Waals surface area contributed by atoms with Crippen LogP contribution in [0, 0.1) is 6.92 Å². The van der Waals surface area contributed by atoms with Crippen molar-refractivity contribution in [3.8, 4) is 0 Å². The number of ether oxygens (including phenoxy) is 2. The van der Waals surface area contributed by atoms with Gasteiger partial charge in [0.15, 0.2) is 5.69 Å². The quantitative estimate of drug-likeness (QED) is 0.770. The Labute approximate surface area is 161 Å². The summed E-state index contributed by atoms with van der Waals surface area (Å²) in [7, 11) is 1.74. The zero-order valence-electron chi connectivity index (χ0n) is 16.5. The molecule has 8 nitrogen and oxygen atoms in total. The predicted molar refractivity (Wildman–Crippen MR) is 103 cm³/mol. The highest BCUT2D eigenvalue weighted by Crippen LogP contribution is 2.20. The van der Waals surface area contributed by atoms with Crippen LogP contribution in [0.4, 0.5) is 5.69 Å². The van der Waals surface area contributed by atoms with Crippen molar-refractivity contribution >= 4 is 11.6 Å². The first-order valence-corrected chi connectivity index (χ1v) is 9.86. The van der Waals surface area contributed by atoms with Gasteiger partial charge in [0.2, 0.25) is 0 Å². The van der Waals surface area contributed by atoms with Crippen molar-refractivity contribution in [2.75, 3.05) is 45.3 Å². The largest absolute Gasteiger partial charge is 0.384 e. The summed E-state index contributed by atoms with van der Waals surface area (Å²) in [5, 5.41) is 15.0. The van der Waals surface area contributed by atoms with E-state index in [-0.39, 0.29) is 12.0 Å². The Kier molecular flexibility index (Phi) is 6.98. The average molecular weight is 377 g/mol. The summed E-state index contributed by atoms with van der Waals surface area (Å²) >= 11 is 0. The Morgan fingerprint density at radius 3 is 2.85 bits per heavy atom. The lowest BCUT2D eigenvalue weighted by molar-refractivity contribution is -0.0533. The molecule has 0 aliphatic carbocycles. The Morgan fingerprint density at radius 1 is 1.37 bits per heavy atom. The molecule has 0 spiro atoms. The van der Waals surface area contributed by atoms with Crippen LogP contribution in [-0.4, -0.2) is 79.1 Å². The second kappa shape index (κ2) is 9.43. The van der Waals surface area contributed by atoms with Gasteiger partial charge in [-0.1, -0.05) is 0 Å². The highest BCUT2D eigenvalue weighted by Gasteiger charge is 2.31. The van der Waals surface area contributed by atoms with Crippen molar-refractivity contribution in [2.24, 2.45) is 0 Å². The van der Waals surface area contributed by atoms with E-state index in [1.54, 1.807) is 13.3 Å². The number of anilines is 1. The number of rotatable bonds is 6. The molecule has 2 aliphatic rings. The molecule has 150 valence electrons. The molecule has 0 unspecified atom stereocenters. The van der Waals surface area contributed by atoms with Crippen molar-refractivity contribution in [1.82, 2.24) is 20.4 Å². The van der Waals surface area contributed by atoms with Gasteiger partial charge in [-0.05, 0) is 33.1 Å². The van der Waals surface area contributed by atoms with Gasteiger partial charge in [-0.25, -0.2) is 0 Å². The number of carbonyl (C=O) groups is 1. The van der Waals surface area contributed by atoms with Gasteiger partial charge in [0.1, 0.15) is 0 Å². The second-order valence-electron chi connectivity index (χ2n) is 7.24. The fourth-order valence-corrected chi connectivity index (χ4v) is 3.85. The van der Waals surface area contributed by atoms with Crippen LogP contribution in [0.15, 0.2) is 6.20 Å². The normalized spacial score (nSPS) is 24.0. The number of nitrogens with one attached hydrogen (secondary N) is 2. The summed E-state index contributed by atoms with van der Waals surface area (Å²) in [6, 6.07) is 0.719. The van der Waals surface area contributed by atoms with E-state index in [0.717, 1.165) is 56.8 Å². The maximum atomic E-state index is 12.9. The lowest BCUT2D eigenvalue weighted by Gasteiger charge is -2.38. The number of likely N-dealkylation sites (tertiary alicyclic amines) is 1. The molecule has 2 saturated heterocycles. The van der Waals surface area contributed by atoms with Crippen molar-refractivity contribution in [1.29, 1.82) is 0 Å². The van der Waals surface area contributed by atoms with Crippen LogP contribution in [0.2, 0.25) is 0 Å². The number of carbonyl (C=O) groups excluding carboxylic acids is 1. The minimum atomic E-state index is -0.0287. The summed E-state index contributed by atoms with van der Waals surface area (Å²) in [4.78, 5) is 14.8. The Morgan fingerprint density at radius 2 is 2.15 bits per heavy atom. The third-order valence-electron chi connectivity index (χ3n) is 5.51. The topological polar surface area (TPSA) is 88.6 Å². The first-order valence-electron chi connectivity index (χ1n) is 9.86. The van der Waals surface area contributed by atoms with Gasteiger partial charge in [-0.3, -0.25) is 4.79 Å². The van der Waals surface area contributed by atoms with Crippen molar-refractivity contribution in [3.05, 3.63) is 17.5 Å². The van der Waals surface area contributed by atoms with Gasteiger partial charge in [0.25, 0.3) is 5.91 Å². The first kappa shape index (κ1) is 20.0. The van der Waals surface area contributed by atoms with Crippen molar-refractivity contribution < 1.29 is 14.3 Å². The molecule has 2 aliphatic heterocycles. The van der Waals surface area contributed by atoms with E-state index in [2.05, 4.69) is 20.8 Å². The predicted octanol–water partition coefficient (Wildman–Crippen LogP) is 1.21. The van der Waals surface area contributed by atoms with Crippen molar-refractivity contribution in [3.63, 3.8) is 0 Å². The van der Waals surface area contributed by atoms with E-state index >= 15 is 0 Å². The average Bonchev–Trinajstić information content (AvgIpc) is 2.70.